The van der Waals surface area contributed by atoms with Gasteiger partial charge in [0.15, 0.2) is 0 Å². The summed E-state index contributed by atoms with van der Waals surface area (Å²) < 4.78 is 2.83. The molecule has 0 saturated heterocycles. The fraction of sp³-hybridized carbons (Fsp3) is 0.214. The van der Waals surface area contributed by atoms with Crippen LogP contribution in [-0.2, 0) is 6.54 Å². The van der Waals surface area contributed by atoms with E-state index in [2.05, 4.69) is 10.1 Å². The Morgan fingerprint density at radius 3 is 2.75 bits per heavy atom. The first-order valence-corrected chi connectivity index (χ1v) is 6.99. The number of aryl methyl sites for hydroxylation is 1. The van der Waals surface area contributed by atoms with Crippen molar-refractivity contribution in [3.63, 3.8) is 0 Å². The number of aromatic carboxylic acids is 1. The van der Waals surface area contributed by atoms with Gasteiger partial charge in [0.05, 0.1) is 28.1 Å². The van der Waals surface area contributed by atoms with Crippen LogP contribution < -0.4 is 0 Å². The molecule has 0 amide bonds. The molecule has 1 aromatic carbocycles. The topological polar surface area (TPSA) is 68.0 Å². The first-order chi connectivity index (χ1) is 9.56. The average molecular weight is 287 g/mol. The monoisotopic (exact) mass is 287 g/mol. The second-order valence-corrected chi connectivity index (χ2v) is 5.70. The van der Waals surface area contributed by atoms with Crippen LogP contribution in [0.1, 0.15) is 26.8 Å². The lowest BCUT2D eigenvalue weighted by molar-refractivity contribution is 0.0695. The van der Waals surface area contributed by atoms with E-state index in [1.54, 1.807) is 29.9 Å². The van der Waals surface area contributed by atoms with E-state index in [1.165, 1.54) is 0 Å². The van der Waals surface area contributed by atoms with Crippen molar-refractivity contribution >= 4 is 27.5 Å². The number of carboxylic acid groups (broad SMARTS) is 1. The quantitative estimate of drug-likeness (QED) is 0.804. The highest BCUT2D eigenvalue weighted by Gasteiger charge is 2.18. The Morgan fingerprint density at radius 1 is 1.35 bits per heavy atom. The van der Waals surface area contributed by atoms with Crippen LogP contribution in [0, 0.1) is 13.8 Å². The number of rotatable bonds is 3. The number of benzene rings is 1. The molecular weight excluding hydrogens is 274 g/mol. The number of fused-ring (bicyclic) bond motifs is 1. The van der Waals surface area contributed by atoms with E-state index < -0.39 is 5.97 Å². The zero-order valence-corrected chi connectivity index (χ0v) is 11.9. The minimum atomic E-state index is -0.935. The summed E-state index contributed by atoms with van der Waals surface area (Å²) >= 11 is 1.60. The number of aromatic nitrogens is 3. The van der Waals surface area contributed by atoms with Crippen molar-refractivity contribution in [1.29, 1.82) is 0 Å². The minimum absolute atomic E-state index is 0.283. The minimum Gasteiger partial charge on any atom is -0.478 e. The Morgan fingerprint density at radius 2 is 2.10 bits per heavy atom. The van der Waals surface area contributed by atoms with Crippen LogP contribution in [-0.4, -0.2) is 25.8 Å². The Bertz CT molecular complexity index is 771. The maximum atomic E-state index is 11.2. The molecule has 0 atom stereocenters. The summed E-state index contributed by atoms with van der Waals surface area (Å²) in [6, 6.07) is 7.94. The molecular formula is C14H13N3O2S. The van der Waals surface area contributed by atoms with Crippen LogP contribution >= 0.6 is 11.3 Å². The molecule has 5 nitrogen and oxygen atoms in total. The molecule has 2 heterocycles. The van der Waals surface area contributed by atoms with E-state index in [4.69, 9.17) is 0 Å². The normalized spacial score (nSPS) is 11.1. The molecule has 6 heteroatoms. The zero-order valence-electron chi connectivity index (χ0n) is 11.1. The van der Waals surface area contributed by atoms with Crippen molar-refractivity contribution in [3.8, 4) is 0 Å². The third-order valence-corrected chi connectivity index (χ3v) is 4.24. The molecule has 2 aromatic heterocycles. The first-order valence-electron chi connectivity index (χ1n) is 6.18. The molecule has 0 radical (unpaired) electrons. The molecule has 0 aliphatic heterocycles. The molecule has 0 bridgehead atoms. The van der Waals surface area contributed by atoms with Gasteiger partial charge in [0.1, 0.15) is 10.6 Å². The van der Waals surface area contributed by atoms with Crippen molar-refractivity contribution in [1.82, 2.24) is 14.8 Å². The van der Waals surface area contributed by atoms with Gasteiger partial charge < -0.3 is 5.11 Å². The van der Waals surface area contributed by atoms with Gasteiger partial charge in [-0.1, -0.05) is 12.1 Å². The van der Waals surface area contributed by atoms with Crippen molar-refractivity contribution in [3.05, 3.63) is 46.2 Å². The van der Waals surface area contributed by atoms with Crippen LogP contribution in [0.2, 0.25) is 0 Å². The van der Waals surface area contributed by atoms with Gasteiger partial charge in [-0.15, -0.1) is 11.3 Å². The van der Waals surface area contributed by atoms with Crippen LogP contribution in [0.25, 0.3) is 10.2 Å². The summed E-state index contributed by atoms with van der Waals surface area (Å²) in [5.74, 6) is -0.935. The number of hydrogen-bond acceptors (Lipinski definition) is 4. The number of carboxylic acids is 1. The lowest BCUT2D eigenvalue weighted by Crippen LogP contribution is -2.05. The van der Waals surface area contributed by atoms with Gasteiger partial charge in [0.25, 0.3) is 0 Å². The van der Waals surface area contributed by atoms with Gasteiger partial charge in [-0.2, -0.15) is 5.10 Å². The van der Waals surface area contributed by atoms with Gasteiger partial charge in [0.2, 0.25) is 0 Å². The van der Waals surface area contributed by atoms with E-state index in [9.17, 15) is 9.90 Å². The predicted octanol–water partition coefficient (Wildman–Crippen LogP) is 2.86. The molecule has 3 rings (SSSR count). The second kappa shape index (κ2) is 4.72. The second-order valence-electron chi connectivity index (χ2n) is 4.58. The smallest absolute Gasteiger partial charge is 0.339 e. The summed E-state index contributed by atoms with van der Waals surface area (Å²) in [4.78, 5) is 15.7. The van der Waals surface area contributed by atoms with Crippen LogP contribution in [0.4, 0.5) is 0 Å². The average Bonchev–Trinajstić information content (AvgIpc) is 2.90. The highest BCUT2D eigenvalue weighted by atomic mass is 32.1. The first kappa shape index (κ1) is 12.8. The Balaban J connectivity index is 1.99. The molecule has 0 saturated carbocycles. The van der Waals surface area contributed by atoms with E-state index in [0.29, 0.717) is 17.9 Å². The lowest BCUT2D eigenvalue weighted by Gasteiger charge is -2.01. The van der Waals surface area contributed by atoms with Crippen molar-refractivity contribution < 1.29 is 9.90 Å². The summed E-state index contributed by atoms with van der Waals surface area (Å²) in [5, 5.41) is 14.4. The standard InChI is InChI=1S/C14H13N3O2S/c1-8-13(14(18)19)9(2)17(16-8)7-12-15-10-5-3-4-6-11(10)20-12/h3-6H,7H2,1-2H3,(H,18,19). The predicted molar refractivity (Wildman–Crippen MR) is 77.4 cm³/mol. The molecule has 102 valence electrons. The molecule has 0 spiro atoms. The maximum Gasteiger partial charge on any atom is 0.339 e. The van der Waals surface area contributed by atoms with Crippen molar-refractivity contribution in [2.75, 3.05) is 0 Å². The third-order valence-electron chi connectivity index (χ3n) is 3.22. The van der Waals surface area contributed by atoms with Crippen LogP contribution in [0.5, 0.6) is 0 Å². The van der Waals surface area contributed by atoms with Crippen LogP contribution in [0.3, 0.4) is 0 Å². The fourth-order valence-electron chi connectivity index (χ4n) is 2.28. The Hall–Kier alpha value is -2.21. The summed E-state index contributed by atoms with van der Waals surface area (Å²) in [5.41, 5.74) is 2.45. The van der Waals surface area contributed by atoms with E-state index in [0.717, 1.165) is 15.2 Å². The SMILES string of the molecule is Cc1nn(Cc2nc3ccccc3s2)c(C)c1C(=O)O. The summed E-state index contributed by atoms with van der Waals surface area (Å²) in [7, 11) is 0. The molecule has 3 aromatic rings. The number of carbonyl (C=O) groups is 1. The molecule has 20 heavy (non-hydrogen) atoms. The molecule has 1 N–H and O–H groups in total. The van der Waals surface area contributed by atoms with E-state index >= 15 is 0 Å². The van der Waals surface area contributed by atoms with Gasteiger partial charge in [-0.25, -0.2) is 9.78 Å². The number of hydrogen-bond donors (Lipinski definition) is 1. The van der Waals surface area contributed by atoms with Gasteiger partial charge >= 0.3 is 5.97 Å². The zero-order chi connectivity index (χ0) is 14.3. The van der Waals surface area contributed by atoms with E-state index in [1.807, 2.05) is 24.3 Å². The van der Waals surface area contributed by atoms with Gasteiger partial charge in [-0.3, -0.25) is 4.68 Å². The lowest BCUT2D eigenvalue weighted by atomic mass is 10.2. The number of para-hydroxylation sites is 1. The third kappa shape index (κ3) is 2.08. The molecule has 0 aliphatic carbocycles. The Labute approximate surface area is 119 Å². The Kier molecular flexibility index (Phi) is 3.02. The highest BCUT2D eigenvalue weighted by molar-refractivity contribution is 7.18. The highest BCUT2D eigenvalue weighted by Crippen LogP contribution is 2.23. The molecule has 0 fully saturated rings. The van der Waals surface area contributed by atoms with E-state index in [-0.39, 0.29) is 5.56 Å². The maximum absolute atomic E-state index is 11.2. The number of thiazole rings is 1. The largest absolute Gasteiger partial charge is 0.478 e. The molecule has 0 aliphatic rings. The van der Waals surface area contributed by atoms with Gasteiger partial charge in [-0.05, 0) is 26.0 Å². The van der Waals surface area contributed by atoms with Crippen molar-refractivity contribution in [2.24, 2.45) is 0 Å². The fourth-order valence-corrected chi connectivity index (χ4v) is 3.23. The van der Waals surface area contributed by atoms with Crippen molar-refractivity contribution in [2.45, 2.75) is 20.4 Å². The summed E-state index contributed by atoms with van der Waals surface area (Å²) in [6.07, 6.45) is 0. The van der Waals surface area contributed by atoms with Gasteiger partial charge in [0, 0.05) is 0 Å². The van der Waals surface area contributed by atoms with Crippen LogP contribution in [0.15, 0.2) is 24.3 Å². The number of nitrogens with zero attached hydrogens (tertiary/aromatic N) is 3. The summed E-state index contributed by atoms with van der Waals surface area (Å²) in [6.45, 7) is 3.99. The molecule has 0 unspecified atom stereocenters.